The van der Waals surface area contributed by atoms with Crippen LogP contribution in [0, 0.1) is 6.92 Å². The van der Waals surface area contributed by atoms with Gasteiger partial charge in [-0.25, -0.2) is 8.42 Å². The van der Waals surface area contributed by atoms with Gasteiger partial charge in [-0.15, -0.1) is 0 Å². The summed E-state index contributed by atoms with van der Waals surface area (Å²) in [5.41, 5.74) is 1.66. The van der Waals surface area contributed by atoms with Crippen molar-refractivity contribution in [2.45, 2.75) is 25.3 Å². The zero-order valence-corrected chi connectivity index (χ0v) is 17.8. The second-order valence-corrected chi connectivity index (χ2v) is 8.65. The van der Waals surface area contributed by atoms with Crippen molar-refractivity contribution in [1.29, 1.82) is 0 Å². The molecule has 0 atom stereocenters. The molecule has 0 radical (unpaired) electrons. The van der Waals surface area contributed by atoms with Gasteiger partial charge in [-0.05, 0) is 59.6 Å². The lowest BCUT2D eigenvalue weighted by Crippen LogP contribution is -2.36. The second-order valence-electron chi connectivity index (χ2n) is 5.86. The second kappa shape index (κ2) is 9.34. The molecule has 2 aromatic rings. The molecule has 0 spiro atoms. The van der Waals surface area contributed by atoms with Gasteiger partial charge in [0.05, 0.1) is 23.1 Å². The van der Waals surface area contributed by atoms with Gasteiger partial charge in [0.1, 0.15) is 12.3 Å². The molecule has 0 amide bonds. The predicted octanol–water partition coefficient (Wildman–Crippen LogP) is 3.52. The van der Waals surface area contributed by atoms with Gasteiger partial charge in [0, 0.05) is 6.54 Å². The Bertz CT molecular complexity index is 897. The van der Waals surface area contributed by atoms with E-state index in [0.717, 1.165) is 9.87 Å². The molecule has 0 saturated heterocycles. The van der Waals surface area contributed by atoms with E-state index in [-0.39, 0.29) is 24.6 Å². The Morgan fingerprint density at radius 1 is 1.15 bits per heavy atom. The molecule has 0 N–H and O–H groups in total. The summed E-state index contributed by atoms with van der Waals surface area (Å²) in [6.07, 6.45) is 0. The van der Waals surface area contributed by atoms with E-state index >= 15 is 0 Å². The van der Waals surface area contributed by atoms with Gasteiger partial charge in [-0.1, -0.05) is 23.8 Å². The van der Waals surface area contributed by atoms with Crippen LogP contribution in [0.5, 0.6) is 5.75 Å². The highest BCUT2D eigenvalue weighted by Gasteiger charge is 2.27. The smallest absolute Gasteiger partial charge is 0.321 e. The minimum Gasteiger partial charge on any atom is -0.496 e. The lowest BCUT2D eigenvalue weighted by molar-refractivity contribution is -0.143. The fraction of sp³-hybridized carbons (Fsp3) is 0.316. The Labute approximate surface area is 168 Å². The largest absolute Gasteiger partial charge is 0.496 e. The number of rotatable bonds is 8. The van der Waals surface area contributed by atoms with Crippen LogP contribution in [0.4, 0.5) is 0 Å². The Kier molecular flexibility index (Phi) is 7.41. The Morgan fingerprint density at radius 2 is 1.81 bits per heavy atom. The van der Waals surface area contributed by atoms with E-state index in [4.69, 9.17) is 9.47 Å². The van der Waals surface area contributed by atoms with Gasteiger partial charge in [-0.3, -0.25) is 4.79 Å². The average molecular weight is 456 g/mol. The molecule has 0 fully saturated rings. The first-order valence-corrected chi connectivity index (χ1v) is 10.6. The number of halogens is 1. The van der Waals surface area contributed by atoms with Crippen molar-refractivity contribution in [3.05, 3.63) is 58.1 Å². The van der Waals surface area contributed by atoms with Crippen LogP contribution < -0.4 is 4.74 Å². The van der Waals surface area contributed by atoms with Gasteiger partial charge in [0.25, 0.3) is 0 Å². The number of benzene rings is 2. The fourth-order valence-electron chi connectivity index (χ4n) is 2.45. The van der Waals surface area contributed by atoms with E-state index in [1.54, 1.807) is 44.4 Å². The molecule has 2 rings (SSSR count). The molecule has 6 nitrogen and oxygen atoms in total. The average Bonchev–Trinajstić information content (AvgIpc) is 2.62. The number of sulfonamides is 1. The summed E-state index contributed by atoms with van der Waals surface area (Å²) in [5, 5.41) is 0. The molecule has 0 aliphatic rings. The van der Waals surface area contributed by atoms with Crippen molar-refractivity contribution < 1.29 is 22.7 Å². The number of carbonyl (C=O) groups excluding carboxylic acids is 1. The van der Waals surface area contributed by atoms with E-state index < -0.39 is 16.0 Å². The Balaban J connectivity index is 2.37. The third-order valence-corrected chi connectivity index (χ3v) is 6.27. The van der Waals surface area contributed by atoms with Crippen LogP contribution >= 0.6 is 15.9 Å². The standard InChI is InChI=1S/C19H22BrNO5S/c1-4-26-19(22)13-21(12-15-7-10-18(25-3)17(20)11-15)27(23,24)16-8-5-14(2)6-9-16/h5-11H,4,12-13H2,1-3H3. The summed E-state index contributed by atoms with van der Waals surface area (Å²) < 4.78 is 38.1. The number of hydrogen-bond donors (Lipinski definition) is 0. The maximum absolute atomic E-state index is 13.1. The summed E-state index contributed by atoms with van der Waals surface area (Å²) in [4.78, 5) is 12.1. The summed E-state index contributed by atoms with van der Waals surface area (Å²) in [5.74, 6) is 0.0397. The van der Waals surface area contributed by atoms with Gasteiger partial charge in [0.15, 0.2) is 0 Å². The van der Waals surface area contributed by atoms with E-state index in [1.807, 2.05) is 6.92 Å². The minimum absolute atomic E-state index is 0.0254. The zero-order valence-electron chi connectivity index (χ0n) is 15.4. The van der Waals surface area contributed by atoms with Crippen LogP contribution in [0.2, 0.25) is 0 Å². The van der Waals surface area contributed by atoms with Crippen LogP contribution in [-0.4, -0.2) is 39.0 Å². The maximum atomic E-state index is 13.1. The van der Waals surface area contributed by atoms with E-state index in [0.29, 0.717) is 15.8 Å². The quantitative estimate of drug-likeness (QED) is 0.569. The first-order valence-electron chi connectivity index (χ1n) is 8.32. The van der Waals surface area contributed by atoms with E-state index in [9.17, 15) is 13.2 Å². The molecular formula is C19H22BrNO5S. The van der Waals surface area contributed by atoms with Gasteiger partial charge in [0.2, 0.25) is 10.0 Å². The highest BCUT2D eigenvalue weighted by atomic mass is 79.9. The monoisotopic (exact) mass is 455 g/mol. The Hall–Kier alpha value is -1.90. The number of hydrogen-bond acceptors (Lipinski definition) is 5. The van der Waals surface area contributed by atoms with E-state index in [2.05, 4.69) is 15.9 Å². The molecule has 2 aromatic carbocycles. The highest BCUT2D eigenvalue weighted by molar-refractivity contribution is 9.10. The zero-order chi connectivity index (χ0) is 20.0. The lowest BCUT2D eigenvalue weighted by Gasteiger charge is -2.22. The van der Waals surface area contributed by atoms with Crippen molar-refractivity contribution in [2.75, 3.05) is 20.3 Å². The van der Waals surface area contributed by atoms with Crippen LogP contribution in [-0.2, 0) is 26.1 Å². The first-order chi connectivity index (χ1) is 12.8. The van der Waals surface area contributed by atoms with Gasteiger partial charge >= 0.3 is 5.97 Å². The third-order valence-electron chi connectivity index (χ3n) is 3.84. The van der Waals surface area contributed by atoms with Crippen LogP contribution in [0.15, 0.2) is 51.8 Å². The van der Waals surface area contributed by atoms with Gasteiger partial charge in [-0.2, -0.15) is 4.31 Å². The fourth-order valence-corrected chi connectivity index (χ4v) is 4.41. The molecular weight excluding hydrogens is 434 g/mol. The molecule has 0 unspecified atom stereocenters. The molecule has 0 aliphatic carbocycles. The van der Waals surface area contributed by atoms with Crippen LogP contribution in [0.1, 0.15) is 18.1 Å². The van der Waals surface area contributed by atoms with E-state index in [1.165, 1.54) is 12.1 Å². The molecule has 27 heavy (non-hydrogen) atoms. The number of carbonyl (C=O) groups is 1. The lowest BCUT2D eigenvalue weighted by atomic mass is 10.2. The molecule has 0 aliphatic heterocycles. The van der Waals surface area contributed by atoms with Crippen LogP contribution in [0.3, 0.4) is 0 Å². The van der Waals surface area contributed by atoms with Crippen molar-refractivity contribution in [2.24, 2.45) is 0 Å². The minimum atomic E-state index is -3.87. The maximum Gasteiger partial charge on any atom is 0.321 e. The Morgan fingerprint density at radius 3 is 2.37 bits per heavy atom. The molecule has 0 heterocycles. The van der Waals surface area contributed by atoms with Gasteiger partial charge < -0.3 is 9.47 Å². The SMILES string of the molecule is CCOC(=O)CN(Cc1ccc(OC)c(Br)c1)S(=O)(=O)c1ccc(C)cc1. The van der Waals surface area contributed by atoms with Crippen LogP contribution in [0.25, 0.3) is 0 Å². The summed E-state index contributed by atoms with van der Waals surface area (Å²) >= 11 is 3.39. The molecule has 0 aromatic heterocycles. The summed E-state index contributed by atoms with van der Waals surface area (Å²) in [6.45, 7) is 3.40. The topological polar surface area (TPSA) is 72.9 Å². The third kappa shape index (κ3) is 5.54. The number of ether oxygens (including phenoxy) is 2. The first kappa shape index (κ1) is 21.4. The number of methoxy groups -OCH3 is 1. The van der Waals surface area contributed by atoms with Crippen molar-refractivity contribution in [3.63, 3.8) is 0 Å². The predicted molar refractivity (Wildman–Crippen MR) is 106 cm³/mol. The van der Waals surface area contributed by atoms with Crippen molar-refractivity contribution in [1.82, 2.24) is 4.31 Å². The number of aryl methyl sites for hydroxylation is 1. The summed E-state index contributed by atoms with van der Waals surface area (Å²) in [6, 6.07) is 11.8. The molecule has 0 bridgehead atoms. The molecule has 0 saturated carbocycles. The number of esters is 1. The molecule has 146 valence electrons. The molecule has 8 heteroatoms. The normalized spacial score (nSPS) is 11.4. The van der Waals surface area contributed by atoms with Crippen molar-refractivity contribution in [3.8, 4) is 5.75 Å². The highest BCUT2D eigenvalue weighted by Crippen LogP contribution is 2.27. The summed E-state index contributed by atoms with van der Waals surface area (Å²) in [7, 11) is -2.32. The number of nitrogens with zero attached hydrogens (tertiary/aromatic N) is 1. The van der Waals surface area contributed by atoms with Crippen molar-refractivity contribution >= 4 is 31.9 Å².